The summed E-state index contributed by atoms with van der Waals surface area (Å²) in [5.41, 5.74) is 2.79. The summed E-state index contributed by atoms with van der Waals surface area (Å²) in [6.45, 7) is 7.06. The van der Waals surface area contributed by atoms with Crippen LogP contribution < -0.4 is 15.0 Å². The molecule has 3 aliphatic heterocycles. The molecule has 0 spiro atoms. The lowest BCUT2D eigenvalue weighted by Gasteiger charge is -2.46. The molecule has 0 aliphatic carbocycles. The van der Waals surface area contributed by atoms with Crippen LogP contribution in [0.2, 0.25) is 0 Å². The van der Waals surface area contributed by atoms with E-state index < -0.39 is 18.2 Å². The number of ether oxygens (including phenoxy) is 2. The fourth-order valence-electron chi connectivity index (χ4n) is 5.94. The number of carbonyl (C=O) groups excluding carboxylic acids is 1. The molecule has 0 bridgehead atoms. The third-order valence-electron chi connectivity index (χ3n) is 8.52. The van der Waals surface area contributed by atoms with Crippen LogP contribution >= 0.6 is 0 Å². The van der Waals surface area contributed by atoms with Gasteiger partial charge in [0.1, 0.15) is 30.7 Å². The minimum absolute atomic E-state index is 0.152. The molecule has 3 aliphatic rings. The number of nitrogens with zero attached hydrogens (tertiary/aromatic N) is 8. The van der Waals surface area contributed by atoms with Crippen LogP contribution in [0.15, 0.2) is 48.8 Å². The first-order chi connectivity index (χ1) is 21.9. The van der Waals surface area contributed by atoms with Gasteiger partial charge in [-0.15, -0.1) is 0 Å². The average Bonchev–Trinajstić information content (AvgIpc) is 3.02. The molecule has 45 heavy (non-hydrogen) atoms. The highest BCUT2D eigenvalue weighted by molar-refractivity contribution is 5.78. The molecule has 0 radical (unpaired) electrons. The van der Waals surface area contributed by atoms with Gasteiger partial charge in [-0.25, -0.2) is 14.4 Å². The minimum Gasteiger partial charge on any atom is -0.486 e. The van der Waals surface area contributed by atoms with Crippen molar-refractivity contribution in [1.82, 2.24) is 24.8 Å². The number of nitrogens with one attached hydrogen (secondary N) is 1. The van der Waals surface area contributed by atoms with Crippen molar-refractivity contribution in [2.75, 3.05) is 56.2 Å². The van der Waals surface area contributed by atoms with Crippen molar-refractivity contribution in [3.05, 3.63) is 54.4 Å². The van der Waals surface area contributed by atoms with Crippen molar-refractivity contribution in [2.24, 2.45) is 0 Å². The lowest BCUT2D eigenvalue weighted by atomic mass is 10.0. The van der Waals surface area contributed by atoms with Gasteiger partial charge in [0.05, 0.1) is 37.4 Å². The molecule has 4 heterocycles. The smallest absolute Gasteiger partial charge is 0.236 e. The number of rotatable bonds is 8. The van der Waals surface area contributed by atoms with Gasteiger partial charge < -0.3 is 24.6 Å². The van der Waals surface area contributed by atoms with Crippen molar-refractivity contribution in [2.45, 2.75) is 44.1 Å². The number of amides is 1. The normalized spacial score (nSPS) is 22.2. The summed E-state index contributed by atoms with van der Waals surface area (Å²) in [6, 6.07) is 18.0. The van der Waals surface area contributed by atoms with Crippen LogP contribution in [0, 0.1) is 22.7 Å². The van der Waals surface area contributed by atoms with Gasteiger partial charge in [0.25, 0.3) is 0 Å². The molecule has 2 aromatic carbocycles. The molecule has 1 N–H and O–H groups in total. The molecule has 1 amide bonds. The Morgan fingerprint density at radius 1 is 1.11 bits per heavy atom. The van der Waals surface area contributed by atoms with E-state index in [4.69, 9.17) is 14.7 Å². The molecule has 232 valence electrons. The number of aromatic nitrogens is 3. The summed E-state index contributed by atoms with van der Waals surface area (Å²) in [5, 5.41) is 21.8. The molecule has 6 rings (SSSR count). The number of piperidine rings is 1. The Morgan fingerprint density at radius 2 is 1.93 bits per heavy atom. The van der Waals surface area contributed by atoms with E-state index in [-0.39, 0.29) is 37.2 Å². The van der Waals surface area contributed by atoms with E-state index in [9.17, 15) is 14.4 Å². The number of hydrogen-bond acceptors (Lipinski definition) is 11. The number of anilines is 3. The Labute approximate surface area is 261 Å². The minimum atomic E-state index is -1.44. The average molecular weight is 612 g/mol. The van der Waals surface area contributed by atoms with Gasteiger partial charge in [-0.05, 0) is 49.4 Å². The second-order valence-electron chi connectivity index (χ2n) is 11.5. The molecule has 12 nitrogen and oxygen atoms in total. The number of carbonyl (C=O) groups is 1. The van der Waals surface area contributed by atoms with Crippen molar-refractivity contribution in [1.29, 1.82) is 10.5 Å². The van der Waals surface area contributed by atoms with E-state index in [2.05, 4.69) is 55.2 Å². The number of halogens is 1. The van der Waals surface area contributed by atoms with Crippen LogP contribution in [0.5, 0.6) is 5.75 Å². The Balaban J connectivity index is 1.08. The second-order valence-corrected chi connectivity index (χ2v) is 11.5. The fourth-order valence-corrected chi connectivity index (χ4v) is 5.94. The third-order valence-corrected chi connectivity index (χ3v) is 8.52. The standard InChI is InChI=1S/C32H34FN9O3/c1-21-16-40(26-18-44-19-26)12-13-42(21)25-5-3-24(4-6-25)38-32-37-20-36-31(39-32)22-2-7-28(23(14-22)15-35)45-29-9-11-41(17-27(29)33)30(43)8-10-34/h2-7,14,20-21,26-27,29H,8-9,11-13,16-19H2,1H3,(H,36,37,38,39). The molecule has 0 saturated carbocycles. The molecular weight excluding hydrogens is 577 g/mol. The third kappa shape index (κ3) is 6.80. The molecule has 1 aromatic heterocycles. The van der Waals surface area contributed by atoms with E-state index in [1.54, 1.807) is 24.3 Å². The maximum absolute atomic E-state index is 14.8. The molecule has 3 aromatic rings. The maximum Gasteiger partial charge on any atom is 0.236 e. The zero-order chi connectivity index (χ0) is 31.3. The molecule has 13 heteroatoms. The van der Waals surface area contributed by atoms with Gasteiger partial charge in [0.15, 0.2) is 12.0 Å². The highest BCUT2D eigenvalue weighted by Gasteiger charge is 2.34. The zero-order valence-corrected chi connectivity index (χ0v) is 25.0. The molecule has 3 fully saturated rings. The van der Waals surface area contributed by atoms with E-state index in [1.807, 2.05) is 12.1 Å². The Hall–Kier alpha value is -4.85. The molecular formula is C32H34FN9O3. The summed E-state index contributed by atoms with van der Waals surface area (Å²) in [5.74, 6) is 0.562. The summed E-state index contributed by atoms with van der Waals surface area (Å²) in [7, 11) is 0. The van der Waals surface area contributed by atoms with E-state index >= 15 is 0 Å². The molecule has 3 atom stereocenters. The van der Waals surface area contributed by atoms with Gasteiger partial charge >= 0.3 is 0 Å². The van der Waals surface area contributed by atoms with Crippen LogP contribution in [-0.2, 0) is 9.53 Å². The SMILES string of the molecule is CC1CN(C2COC2)CCN1c1ccc(Nc2ncnc(-c3ccc(OC4CCN(C(=O)CC#N)CC4F)c(C#N)c3)n2)cc1. The lowest BCUT2D eigenvalue weighted by Crippen LogP contribution is -2.59. The largest absolute Gasteiger partial charge is 0.486 e. The van der Waals surface area contributed by atoms with E-state index in [0.717, 1.165) is 44.2 Å². The first-order valence-corrected chi connectivity index (χ1v) is 15.1. The quantitative estimate of drug-likeness (QED) is 0.401. The van der Waals surface area contributed by atoms with Crippen molar-refractivity contribution in [3.63, 3.8) is 0 Å². The Morgan fingerprint density at radius 3 is 2.62 bits per heavy atom. The van der Waals surface area contributed by atoms with Crippen molar-refractivity contribution in [3.8, 4) is 29.3 Å². The highest BCUT2D eigenvalue weighted by atomic mass is 19.1. The predicted octanol–water partition coefficient (Wildman–Crippen LogP) is 3.29. The number of nitriles is 2. The summed E-state index contributed by atoms with van der Waals surface area (Å²) in [4.78, 5) is 31.3. The fraction of sp³-hybridized carbons (Fsp3) is 0.438. The van der Waals surface area contributed by atoms with Gasteiger partial charge in [0, 0.05) is 55.6 Å². The lowest BCUT2D eigenvalue weighted by molar-refractivity contribution is -0.134. The van der Waals surface area contributed by atoms with Crippen LogP contribution in [0.1, 0.15) is 25.3 Å². The van der Waals surface area contributed by atoms with E-state index in [0.29, 0.717) is 29.4 Å². The Kier molecular flexibility index (Phi) is 9.01. The van der Waals surface area contributed by atoms with Gasteiger partial charge in [-0.3, -0.25) is 9.69 Å². The van der Waals surface area contributed by atoms with Crippen LogP contribution in [0.3, 0.4) is 0 Å². The Bertz CT molecular complexity index is 1600. The topological polar surface area (TPSA) is 144 Å². The van der Waals surface area contributed by atoms with Crippen molar-refractivity contribution >= 4 is 23.2 Å². The maximum atomic E-state index is 14.8. The zero-order valence-electron chi connectivity index (χ0n) is 25.0. The highest BCUT2D eigenvalue weighted by Crippen LogP contribution is 2.29. The number of likely N-dealkylation sites (tertiary alicyclic amines) is 1. The number of piperazine rings is 1. The first kappa shape index (κ1) is 30.2. The van der Waals surface area contributed by atoms with Gasteiger partial charge in [-0.2, -0.15) is 15.5 Å². The van der Waals surface area contributed by atoms with Crippen LogP contribution in [-0.4, -0.2) is 101 Å². The van der Waals surface area contributed by atoms with Crippen LogP contribution in [0.4, 0.5) is 21.7 Å². The first-order valence-electron chi connectivity index (χ1n) is 15.1. The monoisotopic (exact) mass is 611 g/mol. The second kappa shape index (κ2) is 13.4. The summed E-state index contributed by atoms with van der Waals surface area (Å²) in [6.07, 6.45) is -0.893. The van der Waals surface area contributed by atoms with Crippen LogP contribution in [0.25, 0.3) is 11.4 Å². The number of benzene rings is 2. The van der Waals surface area contributed by atoms with Crippen molar-refractivity contribution < 1.29 is 18.7 Å². The summed E-state index contributed by atoms with van der Waals surface area (Å²) >= 11 is 0. The number of hydrogen-bond donors (Lipinski definition) is 1. The van der Waals surface area contributed by atoms with Gasteiger partial charge in [0.2, 0.25) is 11.9 Å². The predicted molar refractivity (Wildman–Crippen MR) is 163 cm³/mol. The summed E-state index contributed by atoms with van der Waals surface area (Å²) < 4.78 is 26.1. The van der Waals surface area contributed by atoms with E-state index in [1.165, 1.54) is 11.2 Å². The number of alkyl halides is 1. The van der Waals surface area contributed by atoms with Gasteiger partial charge in [-0.1, -0.05) is 0 Å². The molecule has 3 unspecified atom stereocenters. The molecule has 3 saturated heterocycles.